The van der Waals surface area contributed by atoms with Gasteiger partial charge in [-0.1, -0.05) is 51.3 Å². The number of amides is 5. The molecule has 284 valence electrons. The second kappa shape index (κ2) is 19.0. The Bertz CT molecular complexity index is 1580. The summed E-state index contributed by atoms with van der Waals surface area (Å²) in [7, 11) is 1.93. The van der Waals surface area contributed by atoms with Gasteiger partial charge >= 0.3 is 18.1 Å². The van der Waals surface area contributed by atoms with Crippen LogP contribution in [0.2, 0.25) is 10.0 Å². The molecule has 0 aromatic heterocycles. The van der Waals surface area contributed by atoms with E-state index >= 15 is 0 Å². The predicted molar refractivity (Wildman–Crippen MR) is 202 cm³/mol. The number of likely N-dealkylation sites (N-methyl/N-ethyl adjacent to an activating group) is 1. The Morgan fingerprint density at radius 1 is 0.846 bits per heavy atom. The third-order valence-corrected chi connectivity index (χ3v) is 10.3. The summed E-state index contributed by atoms with van der Waals surface area (Å²) in [5.41, 5.74) is -0.00590. The first-order valence-corrected chi connectivity index (χ1v) is 18.7. The van der Waals surface area contributed by atoms with Gasteiger partial charge in [-0.05, 0) is 62.7 Å². The Kier molecular flexibility index (Phi) is 15.1. The van der Waals surface area contributed by atoms with Crippen molar-refractivity contribution in [3.05, 3.63) is 62.5 Å². The van der Waals surface area contributed by atoms with E-state index in [4.69, 9.17) is 23.2 Å². The van der Waals surface area contributed by atoms with Gasteiger partial charge in [-0.2, -0.15) is 0 Å². The van der Waals surface area contributed by atoms with Gasteiger partial charge in [0.05, 0.1) is 18.8 Å². The first kappa shape index (κ1) is 41.3. The number of nitrogens with one attached hydrogen (secondary N) is 1. The van der Waals surface area contributed by atoms with E-state index in [9.17, 15) is 34.2 Å². The largest absolute Gasteiger partial charge is 0.480 e. The molecule has 2 heterocycles. The molecule has 2 aromatic rings. The Hall–Kier alpha value is -3.47. The summed E-state index contributed by atoms with van der Waals surface area (Å²) in [6.45, 7) is 5.45. The molecule has 2 aromatic carbocycles. The minimum Gasteiger partial charge on any atom is -0.480 e. The molecule has 2 aliphatic rings. The van der Waals surface area contributed by atoms with Crippen LogP contribution in [0.15, 0.2) is 46.9 Å². The van der Waals surface area contributed by atoms with Gasteiger partial charge in [-0.3, -0.25) is 24.2 Å². The number of carbonyl (C=O) groups excluding carboxylic acids is 3. The molecule has 0 radical (unpaired) electrons. The topological polar surface area (TPSA) is 157 Å². The molecule has 5 amide bonds. The molecule has 17 heteroatoms. The van der Waals surface area contributed by atoms with Crippen LogP contribution in [-0.2, 0) is 20.8 Å². The second-order valence-corrected chi connectivity index (χ2v) is 15.1. The molecule has 14 nitrogen and oxygen atoms in total. The smallest absolute Gasteiger partial charge is 0.407 e. The fourth-order valence-corrected chi connectivity index (χ4v) is 7.14. The fourth-order valence-electron chi connectivity index (χ4n) is 6.36. The van der Waals surface area contributed by atoms with E-state index in [0.29, 0.717) is 74.4 Å². The number of urea groups is 1. The number of carboxylic acids is 1. The molecule has 3 N–H and O–H groups in total. The molecule has 0 bridgehead atoms. The normalized spacial score (nSPS) is 20.1. The summed E-state index contributed by atoms with van der Waals surface area (Å²) < 4.78 is 0.896. The molecule has 0 saturated carbocycles. The Labute approximate surface area is 322 Å². The van der Waals surface area contributed by atoms with E-state index in [2.05, 4.69) is 26.1 Å². The number of halogens is 3. The van der Waals surface area contributed by atoms with E-state index in [1.165, 1.54) is 23.1 Å². The quantitative estimate of drug-likeness (QED) is 0.211. The zero-order valence-electron chi connectivity index (χ0n) is 29.4. The minimum atomic E-state index is -1.19. The van der Waals surface area contributed by atoms with E-state index in [-0.39, 0.29) is 51.0 Å². The number of benzene rings is 2. The number of carbonyl (C=O) groups is 5. The van der Waals surface area contributed by atoms with Crippen molar-refractivity contribution in [2.45, 2.75) is 31.7 Å². The lowest BCUT2D eigenvalue weighted by Crippen LogP contribution is -2.49. The van der Waals surface area contributed by atoms with Gasteiger partial charge < -0.3 is 30.2 Å². The zero-order chi connectivity index (χ0) is 38.0. The summed E-state index contributed by atoms with van der Waals surface area (Å²) in [5, 5.41) is 22.5. The Morgan fingerprint density at radius 2 is 1.42 bits per heavy atom. The van der Waals surface area contributed by atoms with Gasteiger partial charge in [-0.25, -0.2) is 14.5 Å². The lowest BCUT2D eigenvalue weighted by atomic mass is 9.91. The average molecular weight is 828 g/mol. The number of imide groups is 1. The fraction of sp³-hybridized carbons (Fsp3) is 0.514. The maximum absolute atomic E-state index is 14.0. The molecule has 0 unspecified atom stereocenters. The van der Waals surface area contributed by atoms with Gasteiger partial charge in [0.1, 0.15) is 5.54 Å². The predicted octanol–water partition coefficient (Wildman–Crippen LogP) is 4.04. The lowest BCUT2D eigenvalue weighted by molar-refractivity contribution is -0.138. The van der Waals surface area contributed by atoms with Gasteiger partial charge in [0, 0.05) is 86.4 Å². The molecule has 2 fully saturated rings. The number of hydrogen-bond donors (Lipinski definition) is 3. The monoisotopic (exact) mass is 825 g/mol. The molecule has 52 heavy (non-hydrogen) atoms. The number of carboxylic acid groups (broad SMARTS) is 2. The van der Waals surface area contributed by atoms with Crippen LogP contribution in [0.4, 0.5) is 15.3 Å². The van der Waals surface area contributed by atoms with Crippen LogP contribution in [0.5, 0.6) is 0 Å². The van der Waals surface area contributed by atoms with Crippen LogP contribution in [0.1, 0.15) is 25.3 Å². The van der Waals surface area contributed by atoms with Crippen molar-refractivity contribution in [1.29, 1.82) is 0 Å². The van der Waals surface area contributed by atoms with Gasteiger partial charge in [-0.15, -0.1) is 0 Å². The van der Waals surface area contributed by atoms with Crippen LogP contribution in [0.3, 0.4) is 0 Å². The van der Waals surface area contributed by atoms with Crippen molar-refractivity contribution in [3.63, 3.8) is 0 Å². The first-order chi connectivity index (χ1) is 24.7. The summed E-state index contributed by atoms with van der Waals surface area (Å²) in [6.07, 6.45) is 0.251. The van der Waals surface area contributed by atoms with Gasteiger partial charge in [0.25, 0.3) is 5.91 Å². The third kappa shape index (κ3) is 11.5. The molecule has 2 saturated heterocycles. The van der Waals surface area contributed by atoms with Crippen molar-refractivity contribution < 1.29 is 34.2 Å². The van der Waals surface area contributed by atoms with Crippen LogP contribution < -0.4 is 10.2 Å². The number of nitrogens with zero attached hydrogens (tertiary/aromatic N) is 6. The number of anilines is 1. The number of rotatable bonds is 12. The minimum absolute atomic E-state index is 0.0773. The van der Waals surface area contributed by atoms with Crippen molar-refractivity contribution in [2.24, 2.45) is 0 Å². The van der Waals surface area contributed by atoms with E-state index in [0.717, 1.165) is 14.9 Å². The molecule has 0 aliphatic carbocycles. The maximum Gasteiger partial charge on any atom is 0.407 e. The Balaban J connectivity index is 1.35. The van der Waals surface area contributed by atoms with Crippen LogP contribution in [0, 0.1) is 0 Å². The van der Waals surface area contributed by atoms with Crippen molar-refractivity contribution in [1.82, 2.24) is 29.8 Å². The summed E-state index contributed by atoms with van der Waals surface area (Å²) >= 11 is 15.9. The molecular weight excluding hydrogens is 781 g/mol. The highest BCUT2D eigenvalue weighted by Crippen LogP contribution is 2.37. The lowest BCUT2D eigenvalue weighted by Gasteiger charge is -2.32. The van der Waals surface area contributed by atoms with Crippen molar-refractivity contribution in [2.75, 3.05) is 90.5 Å². The number of hydrogen-bond acceptors (Lipinski definition) is 8. The second-order valence-electron chi connectivity index (χ2n) is 13.4. The third-order valence-electron chi connectivity index (χ3n) is 9.34. The van der Waals surface area contributed by atoms with Crippen LogP contribution >= 0.6 is 39.1 Å². The standard InChI is InChI=1S/C35H46BrCl2N7O7/c1-35(22-25-5-7-26(36)8-6-25)32(49)45(29-20-27(37)19-28(38)21-29)33(50)44(35)10-4-3-9-39-30(46)23-41-13-11-40(2)12-14-42(24-31(47)48)16-18-43(17-15-41)34(51)52/h5-8,19-21H,3-4,9-18,22-24H2,1-2H3,(H,39,46)(H,47,48)(H,51,52)/t35-/m0/s1. The van der Waals surface area contributed by atoms with Crippen LogP contribution in [0.25, 0.3) is 0 Å². The molecule has 2 aliphatic heterocycles. The molecule has 4 rings (SSSR count). The highest BCUT2D eigenvalue weighted by molar-refractivity contribution is 9.10. The molecular formula is C35H46BrCl2N7O7. The molecule has 1 atom stereocenters. The summed E-state index contributed by atoms with van der Waals surface area (Å²) in [5.74, 6) is -1.56. The maximum atomic E-state index is 14.0. The van der Waals surface area contributed by atoms with Crippen molar-refractivity contribution >= 4 is 74.7 Å². The van der Waals surface area contributed by atoms with Crippen LogP contribution in [-0.4, -0.2) is 156 Å². The van der Waals surface area contributed by atoms with Crippen molar-refractivity contribution in [3.8, 4) is 0 Å². The SMILES string of the molecule is CN1CCN(CC(=O)O)CCN(C(=O)O)CCN(CC(=O)NCCCCN2C(=O)N(c3cc(Cl)cc(Cl)c3)C(=O)[C@]2(C)Cc2ccc(Br)cc2)CC1. The Morgan fingerprint density at radius 3 is 2.00 bits per heavy atom. The summed E-state index contributed by atoms with van der Waals surface area (Å²) in [6, 6.07) is 11.7. The highest BCUT2D eigenvalue weighted by atomic mass is 79.9. The van der Waals surface area contributed by atoms with Gasteiger partial charge in [0.2, 0.25) is 5.91 Å². The summed E-state index contributed by atoms with van der Waals surface area (Å²) in [4.78, 5) is 73.8. The number of unbranched alkanes of at least 4 members (excludes halogenated alkanes) is 1. The van der Waals surface area contributed by atoms with Gasteiger partial charge in [0.15, 0.2) is 0 Å². The zero-order valence-corrected chi connectivity index (χ0v) is 32.5. The highest BCUT2D eigenvalue weighted by Gasteiger charge is 2.54. The van der Waals surface area contributed by atoms with E-state index in [1.807, 2.05) is 36.2 Å². The number of aliphatic carboxylic acids is 1. The van der Waals surface area contributed by atoms with E-state index in [1.54, 1.807) is 16.7 Å². The first-order valence-electron chi connectivity index (χ1n) is 17.1. The average Bonchev–Trinajstić information content (AvgIpc) is 3.24. The molecule has 0 spiro atoms. The van der Waals surface area contributed by atoms with E-state index < -0.39 is 23.6 Å².